The van der Waals surface area contributed by atoms with Gasteiger partial charge in [-0.2, -0.15) is 0 Å². The van der Waals surface area contributed by atoms with Crippen LogP contribution >= 0.6 is 23.2 Å². The van der Waals surface area contributed by atoms with Crippen LogP contribution < -0.4 is 16.4 Å². The van der Waals surface area contributed by atoms with E-state index in [1.165, 1.54) is 0 Å². The molecule has 7 heteroatoms. The average Bonchev–Trinajstić information content (AvgIpc) is 2.57. The number of rotatable bonds is 2. The first kappa shape index (κ1) is 14.4. The summed E-state index contributed by atoms with van der Waals surface area (Å²) in [5.41, 5.74) is 6.05. The molecule has 5 nitrogen and oxygen atoms in total. The second-order valence-electron chi connectivity index (χ2n) is 4.28. The molecule has 0 bridgehead atoms. The molecule has 0 aliphatic carbocycles. The normalized spacial score (nSPS) is 23.7. The van der Waals surface area contributed by atoms with Crippen molar-refractivity contribution in [1.82, 2.24) is 10.6 Å². The molecule has 104 valence electrons. The number of benzene rings is 1. The van der Waals surface area contributed by atoms with Gasteiger partial charge in [-0.15, -0.1) is 0 Å². The highest BCUT2D eigenvalue weighted by Crippen LogP contribution is 2.29. The Morgan fingerprint density at radius 2 is 2.21 bits per heavy atom. The Balaban J connectivity index is 2.25. The van der Waals surface area contributed by atoms with Crippen molar-refractivity contribution in [2.45, 2.75) is 12.1 Å². The summed E-state index contributed by atoms with van der Waals surface area (Å²) in [6.45, 7) is 1.84. The molecule has 1 aromatic rings. The van der Waals surface area contributed by atoms with Crippen molar-refractivity contribution in [2.24, 2.45) is 5.73 Å². The highest BCUT2D eigenvalue weighted by Gasteiger charge is 2.27. The zero-order valence-corrected chi connectivity index (χ0v) is 11.7. The van der Waals surface area contributed by atoms with Crippen molar-refractivity contribution in [3.8, 4) is 0 Å². The van der Waals surface area contributed by atoms with Gasteiger partial charge in [-0.3, -0.25) is 0 Å². The number of hydrogen-bond acceptors (Lipinski definition) is 3. The van der Waals surface area contributed by atoms with Gasteiger partial charge in [-0.05, 0) is 17.7 Å². The van der Waals surface area contributed by atoms with Gasteiger partial charge in [0.1, 0.15) is 6.10 Å². The fraction of sp³-hybridized carbons (Fsp3) is 0.417. The van der Waals surface area contributed by atoms with E-state index >= 15 is 0 Å². The van der Waals surface area contributed by atoms with Crippen LogP contribution in [0.1, 0.15) is 11.7 Å². The smallest absolute Gasteiger partial charge is 0.312 e. The number of halogens is 2. The first-order chi connectivity index (χ1) is 9.08. The van der Waals surface area contributed by atoms with Crippen LogP contribution in [0.5, 0.6) is 0 Å². The van der Waals surface area contributed by atoms with Crippen LogP contribution in [0.15, 0.2) is 18.2 Å². The largest absolute Gasteiger partial charge is 0.370 e. The van der Waals surface area contributed by atoms with Gasteiger partial charge in [0.05, 0.1) is 22.7 Å². The van der Waals surface area contributed by atoms with E-state index in [1.807, 2.05) is 6.07 Å². The number of ether oxygens (including phenoxy) is 1. The highest BCUT2D eigenvalue weighted by atomic mass is 35.5. The van der Waals surface area contributed by atoms with Gasteiger partial charge in [0.2, 0.25) is 0 Å². The molecule has 0 radical (unpaired) electrons. The van der Waals surface area contributed by atoms with Crippen LogP contribution in [-0.2, 0) is 4.74 Å². The van der Waals surface area contributed by atoms with Gasteiger partial charge in [-0.25, -0.2) is 4.79 Å². The van der Waals surface area contributed by atoms with Crippen molar-refractivity contribution in [1.29, 1.82) is 0 Å². The molecule has 1 aromatic carbocycles. The minimum absolute atomic E-state index is 0.253. The van der Waals surface area contributed by atoms with E-state index in [0.29, 0.717) is 23.2 Å². The predicted octanol–water partition coefficient (Wildman–Crippen LogP) is 1.69. The van der Waals surface area contributed by atoms with E-state index < -0.39 is 6.03 Å². The molecule has 1 saturated heterocycles. The van der Waals surface area contributed by atoms with E-state index in [9.17, 15) is 4.79 Å². The summed E-state index contributed by atoms with van der Waals surface area (Å²) >= 11 is 11.9. The van der Waals surface area contributed by atoms with Crippen molar-refractivity contribution < 1.29 is 9.53 Å². The molecule has 2 rings (SSSR count). The molecule has 2 amide bonds. The molecule has 1 heterocycles. The summed E-state index contributed by atoms with van der Waals surface area (Å²) in [4.78, 5) is 11.1. The lowest BCUT2D eigenvalue weighted by molar-refractivity contribution is 0.0467. The van der Waals surface area contributed by atoms with Crippen molar-refractivity contribution in [3.63, 3.8) is 0 Å². The van der Waals surface area contributed by atoms with Crippen LogP contribution in [0, 0.1) is 0 Å². The van der Waals surface area contributed by atoms with Gasteiger partial charge in [0.15, 0.2) is 0 Å². The molecule has 1 fully saturated rings. The quantitative estimate of drug-likeness (QED) is 0.778. The SMILES string of the molecule is NC(=O)N[C@@H]1CNCCO[C@H]1c1ccc(Cl)c(Cl)c1. The second-order valence-corrected chi connectivity index (χ2v) is 5.10. The van der Waals surface area contributed by atoms with Crippen molar-refractivity contribution in [2.75, 3.05) is 19.7 Å². The summed E-state index contributed by atoms with van der Waals surface area (Å²) < 4.78 is 5.76. The summed E-state index contributed by atoms with van der Waals surface area (Å²) in [5.74, 6) is 0. The number of carbonyl (C=O) groups is 1. The third-order valence-electron chi connectivity index (χ3n) is 2.91. The minimum Gasteiger partial charge on any atom is -0.370 e. The van der Waals surface area contributed by atoms with Crippen LogP contribution in [0.25, 0.3) is 0 Å². The van der Waals surface area contributed by atoms with Gasteiger partial charge in [0, 0.05) is 13.1 Å². The minimum atomic E-state index is -0.581. The molecule has 0 spiro atoms. The monoisotopic (exact) mass is 303 g/mol. The fourth-order valence-corrected chi connectivity index (χ4v) is 2.37. The first-order valence-electron chi connectivity index (χ1n) is 5.91. The number of nitrogens with one attached hydrogen (secondary N) is 2. The maximum atomic E-state index is 11.1. The number of hydrogen-bond donors (Lipinski definition) is 3. The highest BCUT2D eigenvalue weighted by molar-refractivity contribution is 6.42. The average molecular weight is 304 g/mol. The third kappa shape index (κ3) is 3.73. The number of urea groups is 1. The van der Waals surface area contributed by atoms with Gasteiger partial charge in [0.25, 0.3) is 0 Å². The zero-order valence-electron chi connectivity index (χ0n) is 10.2. The molecule has 0 aromatic heterocycles. The number of carbonyl (C=O) groups excluding carboxylic acids is 1. The van der Waals surface area contributed by atoms with Crippen molar-refractivity contribution >= 4 is 29.2 Å². The van der Waals surface area contributed by atoms with E-state index in [2.05, 4.69) is 10.6 Å². The van der Waals surface area contributed by atoms with Crippen LogP contribution in [0.4, 0.5) is 4.79 Å². The Hall–Kier alpha value is -1.01. The lowest BCUT2D eigenvalue weighted by Crippen LogP contribution is -2.46. The maximum absolute atomic E-state index is 11.1. The number of nitrogens with two attached hydrogens (primary N) is 1. The molecular weight excluding hydrogens is 289 g/mol. The molecule has 0 saturated carbocycles. The Kier molecular flexibility index (Phi) is 4.87. The summed E-state index contributed by atoms with van der Waals surface area (Å²) in [7, 11) is 0. The first-order valence-corrected chi connectivity index (χ1v) is 6.67. The van der Waals surface area contributed by atoms with E-state index in [0.717, 1.165) is 12.1 Å². The Labute approximate surface area is 121 Å². The van der Waals surface area contributed by atoms with E-state index in [-0.39, 0.29) is 12.1 Å². The van der Waals surface area contributed by atoms with E-state index in [1.54, 1.807) is 12.1 Å². The predicted molar refractivity (Wildman–Crippen MR) is 74.5 cm³/mol. The third-order valence-corrected chi connectivity index (χ3v) is 3.64. The van der Waals surface area contributed by atoms with Crippen LogP contribution in [0.3, 0.4) is 0 Å². The maximum Gasteiger partial charge on any atom is 0.312 e. The zero-order chi connectivity index (χ0) is 13.8. The molecule has 1 aliphatic heterocycles. The lowest BCUT2D eigenvalue weighted by atomic mass is 10.0. The molecule has 2 atom stereocenters. The fourth-order valence-electron chi connectivity index (χ4n) is 2.07. The topological polar surface area (TPSA) is 76.4 Å². The Morgan fingerprint density at radius 3 is 2.89 bits per heavy atom. The molecule has 0 unspecified atom stereocenters. The van der Waals surface area contributed by atoms with Crippen LogP contribution in [0.2, 0.25) is 10.0 Å². The molecule has 4 N–H and O–H groups in total. The van der Waals surface area contributed by atoms with E-state index in [4.69, 9.17) is 33.7 Å². The van der Waals surface area contributed by atoms with Crippen LogP contribution in [-0.4, -0.2) is 31.8 Å². The van der Waals surface area contributed by atoms with Gasteiger partial charge >= 0.3 is 6.03 Å². The molecule has 1 aliphatic rings. The number of primary amides is 1. The van der Waals surface area contributed by atoms with Gasteiger partial charge in [-0.1, -0.05) is 29.3 Å². The molecular formula is C12H15Cl2N3O2. The second kappa shape index (κ2) is 6.43. The standard InChI is InChI=1S/C12H15Cl2N3O2/c13-8-2-1-7(5-9(8)14)11-10(17-12(15)18)6-16-3-4-19-11/h1-2,5,10-11,16H,3-4,6H2,(H3,15,17,18)/t10-,11+/m1/s1. The summed E-state index contributed by atoms with van der Waals surface area (Å²) in [5, 5.41) is 6.79. The molecule has 19 heavy (non-hydrogen) atoms. The van der Waals surface area contributed by atoms with Gasteiger partial charge < -0.3 is 21.1 Å². The van der Waals surface area contributed by atoms with Crippen molar-refractivity contribution in [3.05, 3.63) is 33.8 Å². The summed E-state index contributed by atoms with van der Waals surface area (Å²) in [6.07, 6.45) is -0.308. The lowest BCUT2D eigenvalue weighted by Gasteiger charge is -2.25. The number of amides is 2. The Bertz CT molecular complexity index is 470. The summed E-state index contributed by atoms with van der Waals surface area (Å²) in [6, 6.07) is 4.46. The Morgan fingerprint density at radius 1 is 1.42 bits per heavy atom.